The van der Waals surface area contributed by atoms with Gasteiger partial charge < -0.3 is 10.4 Å². The number of rotatable bonds is 5. The Morgan fingerprint density at radius 1 is 1.65 bits per heavy atom. The molecule has 0 aliphatic carbocycles. The van der Waals surface area contributed by atoms with E-state index >= 15 is 0 Å². The fourth-order valence-electron chi connectivity index (χ4n) is 1.33. The van der Waals surface area contributed by atoms with Gasteiger partial charge in [0.1, 0.15) is 0 Å². The topological polar surface area (TPSA) is 75.4 Å². The summed E-state index contributed by atoms with van der Waals surface area (Å²) in [4.78, 5) is 10.2. The summed E-state index contributed by atoms with van der Waals surface area (Å²) in [7, 11) is 0. The molecule has 1 rings (SSSR count). The fourth-order valence-corrected chi connectivity index (χ4v) is 2.13. The van der Waals surface area contributed by atoms with Crippen LogP contribution >= 0.6 is 27.5 Å². The molecule has 0 heterocycles. The van der Waals surface area contributed by atoms with Gasteiger partial charge in [0.25, 0.3) is 5.69 Å². The van der Waals surface area contributed by atoms with Gasteiger partial charge in [-0.2, -0.15) is 0 Å². The molecule has 0 saturated heterocycles. The number of aliphatic hydroxyl groups is 1. The molecule has 1 aromatic rings. The number of aryl methyl sites for hydroxylation is 1. The summed E-state index contributed by atoms with van der Waals surface area (Å²) in [5.41, 5.74) is 1.48. The van der Waals surface area contributed by atoms with Gasteiger partial charge in [-0.05, 0) is 28.4 Å². The van der Waals surface area contributed by atoms with Crippen LogP contribution in [0.4, 0.5) is 11.4 Å². The van der Waals surface area contributed by atoms with E-state index in [9.17, 15) is 15.2 Å². The minimum atomic E-state index is -0.654. The molecule has 0 bridgehead atoms. The maximum atomic E-state index is 10.6. The number of halogens is 2. The van der Waals surface area contributed by atoms with Crippen molar-refractivity contribution in [1.82, 2.24) is 0 Å². The number of hydrogen-bond acceptors (Lipinski definition) is 4. The Labute approximate surface area is 112 Å². The van der Waals surface area contributed by atoms with E-state index in [1.807, 2.05) is 0 Å². The van der Waals surface area contributed by atoms with E-state index < -0.39 is 11.0 Å². The predicted octanol–water partition coefficient (Wildman–Crippen LogP) is 2.68. The number of nitrogens with one attached hydrogen (secondary N) is 1. The number of non-ortho nitro benzene ring substituents is 1. The van der Waals surface area contributed by atoms with Gasteiger partial charge in [0.15, 0.2) is 0 Å². The quantitative estimate of drug-likeness (QED) is 0.496. The maximum absolute atomic E-state index is 10.6. The van der Waals surface area contributed by atoms with E-state index in [1.165, 1.54) is 12.1 Å². The molecule has 5 nitrogen and oxygen atoms in total. The third-order valence-electron chi connectivity index (χ3n) is 2.18. The van der Waals surface area contributed by atoms with Crippen LogP contribution in [0.25, 0.3) is 0 Å². The number of hydrogen-bond donors (Lipinski definition) is 2. The normalized spacial score (nSPS) is 12.2. The standard InChI is InChI=1S/C10H12BrClN2O3/c1-6-2-7(14(16)17)3-9(11)10(6)13-5-8(15)4-12/h2-3,8,13,15H,4-5H2,1H3. The molecular formula is C10H12BrClN2O3. The average molecular weight is 324 g/mol. The summed E-state index contributed by atoms with van der Waals surface area (Å²) in [6.45, 7) is 2.05. The van der Waals surface area contributed by atoms with Crippen molar-refractivity contribution in [3.63, 3.8) is 0 Å². The molecule has 0 amide bonds. The van der Waals surface area contributed by atoms with Crippen molar-refractivity contribution >= 4 is 38.9 Å². The predicted molar refractivity (Wildman–Crippen MR) is 70.7 cm³/mol. The van der Waals surface area contributed by atoms with E-state index in [-0.39, 0.29) is 11.6 Å². The molecule has 1 unspecified atom stereocenters. The van der Waals surface area contributed by atoms with Gasteiger partial charge in [-0.25, -0.2) is 0 Å². The molecule has 0 aliphatic rings. The Balaban J connectivity index is 2.90. The minimum Gasteiger partial charge on any atom is -0.390 e. The molecule has 94 valence electrons. The van der Waals surface area contributed by atoms with Crippen LogP contribution in [-0.2, 0) is 0 Å². The van der Waals surface area contributed by atoms with Crippen LogP contribution in [0.1, 0.15) is 5.56 Å². The number of aliphatic hydroxyl groups excluding tert-OH is 1. The smallest absolute Gasteiger partial charge is 0.270 e. The first-order chi connectivity index (χ1) is 7.95. The lowest BCUT2D eigenvalue weighted by atomic mass is 10.1. The first kappa shape index (κ1) is 14.2. The molecule has 17 heavy (non-hydrogen) atoms. The zero-order chi connectivity index (χ0) is 13.0. The molecule has 7 heteroatoms. The van der Waals surface area contributed by atoms with Crippen molar-refractivity contribution < 1.29 is 10.0 Å². The van der Waals surface area contributed by atoms with Crippen molar-refractivity contribution in [2.75, 3.05) is 17.7 Å². The van der Waals surface area contributed by atoms with E-state index in [2.05, 4.69) is 21.2 Å². The highest BCUT2D eigenvalue weighted by atomic mass is 79.9. The Kier molecular flexibility index (Phi) is 5.17. The first-order valence-corrected chi connectivity index (χ1v) is 6.21. The number of benzene rings is 1. The third-order valence-corrected chi connectivity index (χ3v) is 3.16. The van der Waals surface area contributed by atoms with Crippen LogP contribution in [-0.4, -0.2) is 28.6 Å². The highest BCUT2D eigenvalue weighted by Crippen LogP contribution is 2.31. The van der Waals surface area contributed by atoms with Gasteiger partial charge in [0, 0.05) is 23.2 Å². The fraction of sp³-hybridized carbons (Fsp3) is 0.400. The van der Waals surface area contributed by atoms with Crippen molar-refractivity contribution in [2.45, 2.75) is 13.0 Å². The Hall–Kier alpha value is -0.850. The highest BCUT2D eigenvalue weighted by Gasteiger charge is 2.13. The molecule has 0 saturated carbocycles. The van der Waals surface area contributed by atoms with Crippen molar-refractivity contribution in [2.24, 2.45) is 0 Å². The van der Waals surface area contributed by atoms with Gasteiger partial charge in [0.2, 0.25) is 0 Å². The van der Waals surface area contributed by atoms with E-state index in [1.54, 1.807) is 6.92 Å². The van der Waals surface area contributed by atoms with E-state index in [0.717, 1.165) is 11.3 Å². The van der Waals surface area contributed by atoms with Gasteiger partial charge in [-0.15, -0.1) is 11.6 Å². The van der Waals surface area contributed by atoms with Crippen molar-refractivity contribution in [3.05, 3.63) is 32.3 Å². The molecule has 2 N–H and O–H groups in total. The summed E-state index contributed by atoms with van der Waals surface area (Å²) in [5, 5.41) is 23.0. The van der Waals surface area contributed by atoms with Crippen LogP contribution in [0.2, 0.25) is 0 Å². The minimum absolute atomic E-state index is 0.0258. The van der Waals surface area contributed by atoms with Crippen LogP contribution in [0.3, 0.4) is 0 Å². The molecule has 0 radical (unpaired) electrons. The lowest BCUT2D eigenvalue weighted by molar-refractivity contribution is -0.385. The van der Waals surface area contributed by atoms with Crippen molar-refractivity contribution in [3.8, 4) is 0 Å². The van der Waals surface area contributed by atoms with Gasteiger partial charge in [-0.1, -0.05) is 0 Å². The molecular weight excluding hydrogens is 311 g/mol. The zero-order valence-electron chi connectivity index (χ0n) is 9.11. The maximum Gasteiger partial charge on any atom is 0.270 e. The van der Waals surface area contributed by atoms with Crippen LogP contribution in [0.15, 0.2) is 16.6 Å². The second kappa shape index (κ2) is 6.18. The lowest BCUT2D eigenvalue weighted by Gasteiger charge is -2.13. The van der Waals surface area contributed by atoms with E-state index in [0.29, 0.717) is 11.0 Å². The Bertz CT molecular complexity index is 405. The first-order valence-electron chi connectivity index (χ1n) is 4.88. The molecule has 0 spiro atoms. The van der Waals surface area contributed by atoms with Gasteiger partial charge >= 0.3 is 0 Å². The van der Waals surface area contributed by atoms with Crippen molar-refractivity contribution in [1.29, 1.82) is 0 Å². The van der Waals surface area contributed by atoms with Crippen LogP contribution in [0, 0.1) is 17.0 Å². The summed E-state index contributed by atoms with van der Waals surface area (Å²) >= 11 is 8.73. The summed E-state index contributed by atoms with van der Waals surface area (Å²) in [6.07, 6.45) is -0.654. The second-order valence-electron chi connectivity index (χ2n) is 3.57. The summed E-state index contributed by atoms with van der Waals surface area (Å²) in [5.74, 6) is 0.136. The average Bonchev–Trinajstić information content (AvgIpc) is 2.27. The number of nitro benzene ring substituents is 1. The molecule has 1 atom stereocenters. The number of nitrogens with zero attached hydrogens (tertiary/aromatic N) is 1. The molecule has 0 aliphatic heterocycles. The van der Waals surface area contributed by atoms with Gasteiger partial charge in [0.05, 0.1) is 22.6 Å². The van der Waals surface area contributed by atoms with Gasteiger partial charge in [-0.3, -0.25) is 10.1 Å². The monoisotopic (exact) mass is 322 g/mol. The third kappa shape index (κ3) is 3.83. The molecule has 0 fully saturated rings. The Morgan fingerprint density at radius 2 is 2.29 bits per heavy atom. The number of nitro groups is 1. The second-order valence-corrected chi connectivity index (χ2v) is 4.73. The SMILES string of the molecule is Cc1cc([N+](=O)[O-])cc(Br)c1NCC(O)CCl. The highest BCUT2D eigenvalue weighted by molar-refractivity contribution is 9.10. The van der Waals surface area contributed by atoms with E-state index in [4.69, 9.17) is 11.6 Å². The van der Waals surface area contributed by atoms with Crippen LogP contribution in [0.5, 0.6) is 0 Å². The Morgan fingerprint density at radius 3 is 2.76 bits per heavy atom. The number of anilines is 1. The molecule has 1 aromatic carbocycles. The van der Waals surface area contributed by atoms with Crippen LogP contribution < -0.4 is 5.32 Å². The zero-order valence-corrected chi connectivity index (χ0v) is 11.5. The number of alkyl halides is 1. The summed E-state index contributed by atoms with van der Waals surface area (Å²) < 4.78 is 0.589. The lowest BCUT2D eigenvalue weighted by Crippen LogP contribution is -2.21. The molecule has 0 aromatic heterocycles. The largest absolute Gasteiger partial charge is 0.390 e. The summed E-state index contributed by atoms with van der Waals surface area (Å²) in [6, 6.07) is 2.89.